The Labute approximate surface area is 132 Å². The molecule has 3 nitrogen and oxygen atoms in total. The fraction of sp³-hybridized carbons (Fsp3) is 0.667. The molecule has 0 heterocycles. The fourth-order valence-electron chi connectivity index (χ4n) is 3.05. The minimum atomic E-state index is -0.271. The number of benzene rings is 1. The molecule has 1 aromatic rings. The molecule has 0 bridgehead atoms. The number of methoxy groups -OCH3 is 1. The van der Waals surface area contributed by atoms with Gasteiger partial charge in [0.25, 0.3) is 0 Å². The highest BCUT2D eigenvalue weighted by molar-refractivity contribution is 5.36. The molecular weight excluding hydrogens is 283 g/mol. The summed E-state index contributed by atoms with van der Waals surface area (Å²) in [7, 11) is 1.60. The molecule has 22 heavy (non-hydrogen) atoms. The topological polar surface area (TPSA) is 38.7 Å². The molecule has 0 unspecified atom stereocenters. The number of halogens is 1. The maximum Gasteiger partial charge on any atom is 0.124 e. The molecule has 4 heteroatoms. The normalized spacial score (nSPS) is 23.5. The van der Waals surface area contributed by atoms with Crippen LogP contribution < -0.4 is 4.74 Å². The van der Waals surface area contributed by atoms with Gasteiger partial charge in [-0.15, -0.1) is 0 Å². The quantitative estimate of drug-likeness (QED) is 0.854. The smallest absolute Gasteiger partial charge is 0.124 e. The highest BCUT2D eigenvalue weighted by Crippen LogP contribution is 2.36. The zero-order valence-electron chi connectivity index (χ0n) is 13.7. The molecule has 1 aromatic carbocycles. The van der Waals surface area contributed by atoms with Gasteiger partial charge in [-0.3, -0.25) is 0 Å². The van der Waals surface area contributed by atoms with Crippen molar-refractivity contribution in [3.63, 3.8) is 0 Å². The van der Waals surface area contributed by atoms with Crippen molar-refractivity contribution < 1.29 is 19.0 Å². The van der Waals surface area contributed by atoms with Crippen LogP contribution in [0.3, 0.4) is 0 Å². The van der Waals surface area contributed by atoms with Crippen LogP contribution >= 0.6 is 0 Å². The van der Waals surface area contributed by atoms with E-state index in [9.17, 15) is 9.50 Å². The molecule has 1 aliphatic carbocycles. The Morgan fingerprint density at radius 1 is 1.23 bits per heavy atom. The SMILES string of the molecule is COc1ccc(F)cc1[C@H](CC(C)C)OC1CCC(O)CC1. The number of ether oxygens (including phenoxy) is 2. The summed E-state index contributed by atoms with van der Waals surface area (Å²) in [4.78, 5) is 0. The largest absolute Gasteiger partial charge is 0.496 e. The van der Waals surface area contributed by atoms with Gasteiger partial charge in [-0.05, 0) is 56.2 Å². The Bertz CT molecular complexity index is 467. The Morgan fingerprint density at radius 2 is 1.91 bits per heavy atom. The summed E-state index contributed by atoms with van der Waals surface area (Å²) < 4.78 is 25.3. The Hall–Kier alpha value is -1.13. The number of aliphatic hydroxyl groups excluding tert-OH is 1. The van der Waals surface area contributed by atoms with Gasteiger partial charge >= 0.3 is 0 Å². The van der Waals surface area contributed by atoms with Gasteiger partial charge in [0.15, 0.2) is 0 Å². The molecule has 1 saturated carbocycles. The van der Waals surface area contributed by atoms with Gasteiger partial charge in [-0.2, -0.15) is 0 Å². The molecule has 1 atom stereocenters. The summed E-state index contributed by atoms with van der Waals surface area (Å²) in [6.45, 7) is 4.26. The van der Waals surface area contributed by atoms with Gasteiger partial charge in [0.05, 0.1) is 25.4 Å². The van der Waals surface area contributed by atoms with E-state index in [2.05, 4.69) is 13.8 Å². The first-order valence-corrected chi connectivity index (χ1v) is 8.16. The first kappa shape index (κ1) is 17.2. The monoisotopic (exact) mass is 310 g/mol. The van der Waals surface area contributed by atoms with Crippen molar-refractivity contribution in [1.29, 1.82) is 0 Å². The standard InChI is InChI=1S/C18H27FO3/c1-12(2)10-18(22-15-7-5-14(20)6-8-15)16-11-13(19)4-9-17(16)21-3/h4,9,11-12,14-15,18,20H,5-8,10H2,1-3H3/t14?,15?,18-/m0/s1. The summed E-state index contributed by atoms with van der Waals surface area (Å²) in [6, 6.07) is 4.58. The highest BCUT2D eigenvalue weighted by Gasteiger charge is 2.26. The molecule has 1 fully saturated rings. The van der Waals surface area contributed by atoms with Gasteiger partial charge in [0, 0.05) is 5.56 Å². The van der Waals surface area contributed by atoms with Crippen molar-refractivity contribution >= 4 is 0 Å². The van der Waals surface area contributed by atoms with E-state index >= 15 is 0 Å². The van der Waals surface area contributed by atoms with Crippen molar-refractivity contribution in [2.45, 2.75) is 64.3 Å². The van der Waals surface area contributed by atoms with Crippen LogP contribution in [0.15, 0.2) is 18.2 Å². The zero-order valence-corrected chi connectivity index (χ0v) is 13.7. The van der Waals surface area contributed by atoms with Crippen LogP contribution in [0.1, 0.15) is 57.6 Å². The van der Waals surface area contributed by atoms with E-state index in [1.807, 2.05) is 0 Å². The van der Waals surface area contributed by atoms with Crippen molar-refractivity contribution in [3.8, 4) is 5.75 Å². The van der Waals surface area contributed by atoms with E-state index in [1.54, 1.807) is 13.2 Å². The highest BCUT2D eigenvalue weighted by atomic mass is 19.1. The van der Waals surface area contributed by atoms with E-state index in [-0.39, 0.29) is 24.1 Å². The first-order chi connectivity index (χ1) is 10.5. The van der Waals surface area contributed by atoms with Gasteiger partial charge < -0.3 is 14.6 Å². The van der Waals surface area contributed by atoms with Crippen molar-refractivity contribution in [1.82, 2.24) is 0 Å². The van der Waals surface area contributed by atoms with E-state index in [0.29, 0.717) is 11.7 Å². The van der Waals surface area contributed by atoms with Gasteiger partial charge in [-0.25, -0.2) is 4.39 Å². The third-order valence-corrected chi connectivity index (χ3v) is 4.22. The first-order valence-electron chi connectivity index (χ1n) is 8.16. The average Bonchev–Trinajstić information content (AvgIpc) is 2.48. The summed E-state index contributed by atoms with van der Waals surface area (Å²) in [5, 5.41) is 9.62. The second-order valence-electron chi connectivity index (χ2n) is 6.57. The van der Waals surface area contributed by atoms with Crippen LogP contribution in [-0.4, -0.2) is 24.4 Å². The van der Waals surface area contributed by atoms with Crippen LogP contribution in [0.25, 0.3) is 0 Å². The molecule has 0 aromatic heterocycles. The van der Waals surface area contributed by atoms with E-state index in [0.717, 1.165) is 37.7 Å². The molecule has 0 saturated heterocycles. The maximum absolute atomic E-state index is 13.7. The molecule has 0 amide bonds. The average molecular weight is 310 g/mol. The Morgan fingerprint density at radius 3 is 2.50 bits per heavy atom. The van der Waals surface area contributed by atoms with Crippen LogP contribution in [0.5, 0.6) is 5.75 Å². The number of rotatable bonds is 6. The number of aliphatic hydroxyl groups is 1. The van der Waals surface area contributed by atoms with Gasteiger partial charge in [-0.1, -0.05) is 13.8 Å². The molecule has 0 spiro atoms. The van der Waals surface area contributed by atoms with Crippen LogP contribution in [0.2, 0.25) is 0 Å². The third-order valence-electron chi connectivity index (χ3n) is 4.22. The summed E-state index contributed by atoms with van der Waals surface area (Å²) in [6.07, 6.45) is 3.83. The van der Waals surface area contributed by atoms with Crippen LogP contribution in [0.4, 0.5) is 4.39 Å². The maximum atomic E-state index is 13.7. The lowest BCUT2D eigenvalue weighted by Crippen LogP contribution is -2.26. The molecule has 1 aliphatic rings. The predicted octanol–water partition coefficient (Wildman–Crippen LogP) is 4.24. The minimum Gasteiger partial charge on any atom is -0.496 e. The zero-order chi connectivity index (χ0) is 16.1. The van der Waals surface area contributed by atoms with Gasteiger partial charge in [0.2, 0.25) is 0 Å². The summed E-state index contributed by atoms with van der Waals surface area (Å²) >= 11 is 0. The Kier molecular flexibility index (Phi) is 6.21. The Balaban J connectivity index is 2.17. The lowest BCUT2D eigenvalue weighted by atomic mass is 9.93. The fourth-order valence-corrected chi connectivity index (χ4v) is 3.05. The van der Waals surface area contributed by atoms with Crippen molar-refractivity contribution in [3.05, 3.63) is 29.6 Å². The second kappa shape index (κ2) is 7.93. The minimum absolute atomic E-state index is 0.125. The van der Waals surface area contributed by atoms with E-state index < -0.39 is 0 Å². The molecule has 1 N–H and O–H groups in total. The van der Waals surface area contributed by atoms with Crippen LogP contribution in [-0.2, 0) is 4.74 Å². The summed E-state index contributed by atoms with van der Waals surface area (Å²) in [5.74, 6) is 0.835. The lowest BCUT2D eigenvalue weighted by Gasteiger charge is -2.31. The van der Waals surface area contributed by atoms with Gasteiger partial charge in [0.1, 0.15) is 11.6 Å². The third kappa shape index (κ3) is 4.68. The van der Waals surface area contributed by atoms with E-state index in [1.165, 1.54) is 12.1 Å². The molecular formula is C18H27FO3. The predicted molar refractivity (Wildman–Crippen MR) is 84.5 cm³/mol. The molecule has 124 valence electrons. The van der Waals surface area contributed by atoms with Crippen molar-refractivity contribution in [2.75, 3.05) is 7.11 Å². The second-order valence-corrected chi connectivity index (χ2v) is 6.57. The van der Waals surface area contributed by atoms with Crippen molar-refractivity contribution in [2.24, 2.45) is 5.92 Å². The molecule has 2 rings (SSSR count). The number of hydrogen-bond acceptors (Lipinski definition) is 3. The van der Waals surface area contributed by atoms with E-state index in [4.69, 9.17) is 9.47 Å². The molecule has 0 aliphatic heterocycles. The summed E-state index contributed by atoms with van der Waals surface area (Å²) in [5.41, 5.74) is 0.780. The molecule has 0 radical (unpaired) electrons. The van der Waals surface area contributed by atoms with Crippen LogP contribution in [0, 0.1) is 11.7 Å². The lowest BCUT2D eigenvalue weighted by molar-refractivity contribution is -0.0573. The number of hydrogen-bond donors (Lipinski definition) is 1.